The number of phenols is 1. The summed E-state index contributed by atoms with van der Waals surface area (Å²) in [7, 11) is 0. The molecule has 1 aromatic heterocycles. The maximum atomic E-state index is 11.6. The molecule has 5 N–H and O–H groups in total. The Balaban J connectivity index is 2.09. The lowest BCUT2D eigenvalue weighted by atomic mass is 10.1. The van der Waals surface area contributed by atoms with Crippen LogP contribution in [-0.4, -0.2) is 26.7 Å². The van der Waals surface area contributed by atoms with Crippen molar-refractivity contribution in [3.63, 3.8) is 0 Å². The van der Waals surface area contributed by atoms with Crippen LogP contribution in [-0.2, 0) is 11.3 Å². The Labute approximate surface area is 139 Å². The van der Waals surface area contributed by atoms with Crippen molar-refractivity contribution < 1.29 is 19.9 Å². The maximum absolute atomic E-state index is 11.6. The molecule has 0 saturated carbocycles. The lowest BCUT2D eigenvalue weighted by molar-refractivity contribution is -0.129. The second kappa shape index (κ2) is 8.16. The van der Waals surface area contributed by atoms with Crippen LogP contribution in [0.3, 0.4) is 0 Å². The van der Waals surface area contributed by atoms with Crippen LogP contribution in [0.25, 0.3) is 11.3 Å². The van der Waals surface area contributed by atoms with Crippen molar-refractivity contribution in [1.29, 1.82) is 0 Å². The third-order valence-corrected chi connectivity index (χ3v) is 3.81. The van der Waals surface area contributed by atoms with Crippen molar-refractivity contribution in [3.8, 4) is 17.0 Å². The molecule has 2 amide bonds. The molecule has 7 heteroatoms. The van der Waals surface area contributed by atoms with Crippen LogP contribution in [0.1, 0.15) is 36.2 Å². The van der Waals surface area contributed by atoms with E-state index < -0.39 is 11.8 Å². The zero-order valence-corrected chi connectivity index (χ0v) is 13.2. The Morgan fingerprint density at radius 2 is 1.75 bits per heavy atom. The number of nitrogens with zero attached hydrogens (tertiary/aromatic N) is 1. The highest BCUT2D eigenvalue weighted by atomic mass is 16.5. The topological polar surface area (TPSA) is 118 Å². The number of hydrogen-bond donors (Lipinski definition) is 4. The number of carbonyl (C=O) groups is 2. The number of nitrogens with one attached hydrogen (secondary N) is 1. The molecule has 0 unspecified atom stereocenters. The lowest BCUT2D eigenvalue weighted by Crippen LogP contribution is -2.18. The Hall–Kier alpha value is -2.80. The highest BCUT2D eigenvalue weighted by Gasteiger charge is 2.13. The lowest BCUT2D eigenvalue weighted by Gasteiger charge is -2.12. The van der Waals surface area contributed by atoms with Gasteiger partial charge in [0, 0.05) is 18.7 Å². The number of hydrogen-bond acceptors (Lipinski definition) is 4. The third kappa shape index (κ3) is 4.36. The third-order valence-electron chi connectivity index (χ3n) is 3.81. The highest BCUT2D eigenvalue weighted by molar-refractivity contribution is 5.92. The molecule has 128 valence electrons. The summed E-state index contributed by atoms with van der Waals surface area (Å²) < 4.78 is 1.85. The molecule has 0 atom stereocenters. The smallest absolute Gasteiger partial charge is 0.265 e. The summed E-state index contributed by atoms with van der Waals surface area (Å²) in [6.45, 7) is 0.586. The van der Waals surface area contributed by atoms with Gasteiger partial charge in [0.15, 0.2) is 0 Å². The average Bonchev–Trinajstić information content (AvgIpc) is 2.99. The van der Waals surface area contributed by atoms with E-state index in [4.69, 9.17) is 10.9 Å². The fourth-order valence-corrected chi connectivity index (χ4v) is 2.60. The van der Waals surface area contributed by atoms with Gasteiger partial charge >= 0.3 is 0 Å². The minimum Gasteiger partial charge on any atom is -0.508 e. The van der Waals surface area contributed by atoms with Crippen LogP contribution < -0.4 is 11.2 Å². The van der Waals surface area contributed by atoms with E-state index in [9.17, 15) is 14.7 Å². The van der Waals surface area contributed by atoms with E-state index in [1.807, 2.05) is 10.6 Å². The van der Waals surface area contributed by atoms with Crippen LogP contribution >= 0.6 is 0 Å². The summed E-state index contributed by atoms with van der Waals surface area (Å²) in [4.78, 5) is 22.6. The van der Waals surface area contributed by atoms with Crippen molar-refractivity contribution >= 4 is 11.8 Å². The van der Waals surface area contributed by atoms with E-state index in [-0.39, 0.29) is 12.2 Å². The number of benzene rings is 1. The van der Waals surface area contributed by atoms with Crippen molar-refractivity contribution in [2.24, 2.45) is 5.73 Å². The van der Waals surface area contributed by atoms with Gasteiger partial charge in [-0.1, -0.05) is 6.42 Å². The first-order valence-electron chi connectivity index (χ1n) is 7.74. The Morgan fingerprint density at radius 3 is 2.38 bits per heavy atom. The summed E-state index contributed by atoms with van der Waals surface area (Å²) in [6, 6.07) is 10.2. The molecule has 0 fully saturated rings. The molecule has 0 saturated heterocycles. The predicted octanol–water partition coefficient (Wildman–Crippen LogP) is 2.03. The summed E-state index contributed by atoms with van der Waals surface area (Å²) >= 11 is 0. The van der Waals surface area contributed by atoms with Crippen LogP contribution in [0, 0.1) is 0 Å². The van der Waals surface area contributed by atoms with Crippen LogP contribution in [0.2, 0.25) is 0 Å². The van der Waals surface area contributed by atoms with Crippen molar-refractivity contribution in [2.75, 3.05) is 0 Å². The first kappa shape index (κ1) is 17.6. The number of phenolic OH excluding ortho intramolecular Hbond substituents is 1. The van der Waals surface area contributed by atoms with E-state index in [1.54, 1.807) is 35.8 Å². The second-order valence-electron chi connectivity index (χ2n) is 5.51. The van der Waals surface area contributed by atoms with Crippen molar-refractivity contribution in [1.82, 2.24) is 10.0 Å². The largest absolute Gasteiger partial charge is 0.508 e. The van der Waals surface area contributed by atoms with E-state index in [2.05, 4.69) is 0 Å². The number of amides is 2. The molecule has 2 rings (SSSR count). The SMILES string of the molecule is NC(=O)c1ccc(-c2ccc(O)cc2)n1CCCCCC(=O)NO. The molecule has 7 nitrogen and oxygen atoms in total. The summed E-state index contributed by atoms with van der Waals surface area (Å²) in [6.07, 6.45) is 2.45. The Kier molecular flexibility index (Phi) is 5.97. The zero-order chi connectivity index (χ0) is 17.5. The molecule has 0 radical (unpaired) electrons. The summed E-state index contributed by atoms with van der Waals surface area (Å²) in [5.41, 5.74) is 9.18. The zero-order valence-electron chi connectivity index (χ0n) is 13.2. The van der Waals surface area contributed by atoms with Gasteiger partial charge in [-0.05, 0) is 54.8 Å². The molecule has 0 aliphatic carbocycles. The molecule has 0 aliphatic rings. The average molecular weight is 331 g/mol. The van der Waals surface area contributed by atoms with Gasteiger partial charge in [-0.3, -0.25) is 14.8 Å². The van der Waals surface area contributed by atoms with Gasteiger partial charge in [-0.25, -0.2) is 5.48 Å². The number of aromatic hydroxyl groups is 1. The van der Waals surface area contributed by atoms with Crippen LogP contribution in [0.5, 0.6) is 5.75 Å². The minimum atomic E-state index is -0.500. The number of hydroxylamine groups is 1. The first-order chi connectivity index (χ1) is 11.5. The molecular formula is C17H21N3O4. The molecule has 0 bridgehead atoms. The van der Waals surface area contributed by atoms with Crippen molar-refractivity contribution in [2.45, 2.75) is 32.2 Å². The van der Waals surface area contributed by atoms with Gasteiger partial charge in [0.05, 0.1) is 0 Å². The van der Waals surface area contributed by atoms with Crippen LogP contribution in [0.15, 0.2) is 36.4 Å². The molecule has 0 aliphatic heterocycles. The molecular weight excluding hydrogens is 310 g/mol. The van der Waals surface area contributed by atoms with E-state index in [1.165, 1.54) is 0 Å². The number of unbranched alkanes of at least 4 members (excludes halogenated alkanes) is 2. The predicted molar refractivity (Wildman–Crippen MR) is 88.4 cm³/mol. The standard InChI is InChI=1S/C17H21N3O4/c18-17(23)15-10-9-14(12-5-7-13(21)8-6-12)20(15)11-3-1-2-4-16(22)19-24/h5-10,21,24H,1-4,11H2,(H2,18,23)(H,19,22). The fraction of sp³-hybridized carbons (Fsp3) is 0.294. The number of nitrogens with two attached hydrogens (primary N) is 1. The number of primary amides is 1. The highest BCUT2D eigenvalue weighted by Crippen LogP contribution is 2.25. The Morgan fingerprint density at radius 1 is 1.04 bits per heavy atom. The Bertz CT molecular complexity index is 707. The van der Waals surface area contributed by atoms with Gasteiger partial charge in [0.1, 0.15) is 11.4 Å². The second-order valence-corrected chi connectivity index (χ2v) is 5.51. The minimum absolute atomic E-state index is 0.175. The number of rotatable bonds is 8. The quantitative estimate of drug-likeness (QED) is 0.336. The van der Waals surface area contributed by atoms with Crippen molar-refractivity contribution in [3.05, 3.63) is 42.1 Å². The maximum Gasteiger partial charge on any atom is 0.265 e. The van der Waals surface area contributed by atoms with E-state index in [0.717, 1.165) is 24.1 Å². The van der Waals surface area contributed by atoms with Gasteiger partial charge in [-0.15, -0.1) is 0 Å². The fourth-order valence-electron chi connectivity index (χ4n) is 2.60. The van der Waals surface area contributed by atoms with Gasteiger partial charge in [0.2, 0.25) is 5.91 Å². The summed E-state index contributed by atoms with van der Waals surface area (Å²) in [5.74, 6) is -0.729. The van der Waals surface area contributed by atoms with Gasteiger partial charge in [-0.2, -0.15) is 0 Å². The van der Waals surface area contributed by atoms with Gasteiger partial charge < -0.3 is 15.4 Å². The number of carbonyl (C=O) groups excluding carboxylic acids is 2. The van der Waals surface area contributed by atoms with E-state index in [0.29, 0.717) is 18.7 Å². The summed E-state index contributed by atoms with van der Waals surface area (Å²) in [5, 5.41) is 17.8. The first-order valence-corrected chi connectivity index (χ1v) is 7.74. The normalized spacial score (nSPS) is 10.5. The van der Waals surface area contributed by atoms with E-state index >= 15 is 0 Å². The molecule has 1 heterocycles. The number of aromatic nitrogens is 1. The molecule has 0 spiro atoms. The monoisotopic (exact) mass is 331 g/mol. The van der Waals surface area contributed by atoms with Gasteiger partial charge in [0.25, 0.3) is 5.91 Å². The van der Waals surface area contributed by atoms with Crippen LogP contribution in [0.4, 0.5) is 0 Å². The molecule has 24 heavy (non-hydrogen) atoms. The molecule has 2 aromatic rings. The molecule has 1 aromatic carbocycles.